The maximum atomic E-state index is 12.6. The summed E-state index contributed by atoms with van der Waals surface area (Å²) in [4.78, 5) is 16.4. The number of hydrogen-bond donors (Lipinski definition) is 3. The average molecular weight is 383 g/mol. The number of rotatable bonds is 8. The Morgan fingerprint density at radius 2 is 2.16 bits per heavy atom. The van der Waals surface area contributed by atoms with Gasteiger partial charge in [0.15, 0.2) is 0 Å². The lowest BCUT2D eigenvalue weighted by atomic mass is 10.2. The highest BCUT2D eigenvalue weighted by atomic mass is 32.2. The molecule has 0 aliphatic carbocycles. The molecule has 136 valence electrons. The Hall–Kier alpha value is -1.81. The zero-order chi connectivity index (χ0) is 18.4. The van der Waals surface area contributed by atoms with Crippen LogP contribution in [0.2, 0.25) is 0 Å². The number of thiazole rings is 1. The number of nitrogens with two attached hydrogens (primary N) is 1. The summed E-state index contributed by atoms with van der Waals surface area (Å²) in [5, 5.41) is 5.40. The molecule has 0 aliphatic rings. The lowest BCUT2D eigenvalue weighted by Gasteiger charge is -2.13. The molecule has 0 spiro atoms. The van der Waals surface area contributed by atoms with Crippen molar-refractivity contribution in [3.05, 3.63) is 45.9 Å². The van der Waals surface area contributed by atoms with Crippen LogP contribution in [0.5, 0.6) is 0 Å². The molecule has 4 N–H and O–H groups in total. The van der Waals surface area contributed by atoms with E-state index in [4.69, 9.17) is 5.73 Å². The van der Waals surface area contributed by atoms with Gasteiger partial charge in [0, 0.05) is 17.5 Å². The molecule has 1 aromatic carbocycles. The molecule has 0 aliphatic heterocycles. The van der Waals surface area contributed by atoms with Gasteiger partial charge < -0.3 is 11.1 Å². The summed E-state index contributed by atoms with van der Waals surface area (Å²) >= 11 is 1.46. The fourth-order valence-electron chi connectivity index (χ4n) is 2.15. The van der Waals surface area contributed by atoms with Crippen LogP contribution in [0.15, 0.2) is 34.5 Å². The maximum Gasteiger partial charge on any atom is 0.251 e. The second-order valence-electron chi connectivity index (χ2n) is 5.56. The largest absolute Gasteiger partial charge is 0.352 e. The van der Waals surface area contributed by atoms with Crippen LogP contribution in [0, 0.1) is 6.92 Å². The van der Waals surface area contributed by atoms with Gasteiger partial charge >= 0.3 is 0 Å². The fourth-order valence-corrected chi connectivity index (χ4v) is 4.12. The zero-order valence-corrected chi connectivity index (χ0v) is 15.8. The lowest BCUT2D eigenvalue weighted by Crippen LogP contribution is -2.28. The fraction of sp³-hybridized carbons (Fsp3) is 0.375. The number of carbonyl (C=O) groups is 1. The Morgan fingerprint density at radius 3 is 2.80 bits per heavy atom. The lowest BCUT2D eigenvalue weighted by molar-refractivity contribution is 0.0953. The van der Waals surface area contributed by atoms with Gasteiger partial charge in [-0.3, -0.25) is 4.79 Å². The first kappa shape index (κ1) is 19.5. The van der Waals surface area contributed by atoms with Gasteiger partial charge in [0.1, 0.15) is 0 Å². The third-order valence-electron chi connectivity index (χ3n) is 3.49. The molecule has 0 saturated carbocycles. The van der Waals surface area contributed by atoms with Crippen molar-refractivity contribution in [2.45, 2.75) is 31.2 Å². The highest BCUT2D eigenvalue weighted by Gasteiger charge is 2.21. The topological polar surface area (TPSA) is 114 Å². The number of aryl methyl sites for hydroxylation is 1. The van der Waals surface area contributed by atoms with E-state index in [1.54, 1.807) is 19.1 Å². The summed E-state index contributed by atoms with van der Waals surface area (Å²) in [5.41, 5.74) is 6.34. The number of amides is 1. The van der Waals surface area contributed by atoms with E-state index in [0.29, 0.717) is 25.2 Å². The molecule has 1 atom stereocenters. The van der Waals surface area contributed by atoms with Gasteiger partial charge in [0.05, 0.1) is 21.6 Å². The van der Waals surface area contributed by atoms with Crippen molar-refractivity contribution in [1.29, 1.82) is 0 Å². The van der Waals surface area contributed by atoms with Crippen LogP contribution in [0.25, 0.3) is 0 Å². The Kier molecular flexibility index (Phi) is 6.65. The van der Waals surface area contributed by atoms with Gasteiger partial charge in [-0.1, -0.05) is 6.07 Å². The summed E-state index contributed by atoms with van der Waals surface area (Å²) in [7, 11) is -3.76. The maximum absolute atomic E-state index is 12.6. The molecule has 7 nitrogen and oxygen atoms in total. The molecule has 1 aromatic heterocycles. The van der Waals surface area contributed by atoms with Crippen LogP contribution in [-0.2, 0) is 10.0 Å². The van der Waals surface area contributed by atoms with Gasteiger partial charge in [-0.15, -0.1) is 11.3 Å². The van der Waals surface area contributed by atoms with Gasteiger partial charge in [0.2, 0.25) is 10.0 Å². The number of aromatic nitrogens is 1. The van der Waals surface area contributed by atoms with Crippen LogP contribution in [0.4, 0.5) is 0 Å². The molecule has 0 radical (unpaired) electrons. The molecule has 2 rings (SSSR count). The van der Waals surface area contributed by atoms with Crippen LogP contribution in [-0.4, -0.2) is 32.4 Å². The minimum absolute atomic E-state index is 0.0396. The quantitative estimate of drug-likeness (QED) is 0.600. The molecule has 1 heterocycles. The van der Waals surface area contributed by atoms with E-state index in [9.17, 15) is 13.2 Å². The Bertz CT molecular complexity index is 833. The first-order valence-electron chi connectivity index (χ1n) is 7.86. The van der Waals surface area contributed by atoms with E-state index in [2.05, 4.69) is 15.0 Å². The molecule has 2 aromatic rings. The minimum atomic E-state index is -3.76. The van der Waals surface area contributed by atoms with Crippen molar-refractivity contribution < 1.29 is 13.2 Å². The molecule has 9 heteroatoms. The third kappa shape index (κ3) is 5.33. The van der Waals surface area contributed by atoms with Crippen molar-refractivity contribution in [3.8, 4) is 0 Å². The van der Waals surface area contributed by atoms with Gasteiger partial charge in [-0.2, -0.15) is 0 Å². The highest BCUT2D eigenvalue weighted by Crippen LogP contribution is 2.19. The number of benzene rings is 1. The molecule has 1 amide bonds. The van der Waals surface area contributed by atoms with E-state index >= 15 is 0 Å². The van der Waals surface area contributed by atoms with E-state index in [1.807, 2.05) is 12.3 Å². The summed E-state index contributed by atoms with van der Waals surface area (Å²) in [6.07, 6.45) is 0.663. The minimum Gasteiger partial charge on any atom is -0.352 e. The smallest absolute Gasteiger partial charge is 0.251 e. The van der Waals surface area contributed by atoms with Crippen molar-refractivity contribution in [2.24, 2.45) is 5.73 Å². The number of nitrogens with zero attached hydrogens (tertiary/aromatic N) is 1. The molecular formula is C16H22N4O3S2. The number of carbonyl (C=O) groups excluding carboxylic acids is 1. The molecule has 25 heavy (non-hydrogen) atoms. The summed E-state index contributed by atoms with van der Waals surface area (Å²) in [5.74, 6) is -0.325. The molecular weight excluding hydrogens is 360 g/mol. The molecule has 0 saturated heterocycles. The van der Waals surface area contributed by atoms with Crippen LogP contribution in [0.3, 0.4) is 0 Å². The van der Waals surface area contributed by atoms with Crippen LogP contribution >= 0.6 is 11.3 Å². The predicted molar refractivity (Wildman–Crippen MR) is 98.0 cm³/mol. The number of hydrogen-bond acceptors (Lipinski definition) is 6. The van der Waals surface area contributed by atoms with E-state index < -0.39 is 16.1 Å². The second kappa shape index (κ2) is 8.52. The van der Waals surface area contributed by atoms with Gasteiger partial charge in [-0.25, -0.2) is 18.1 Å². The van der Waals surface area contributed by atoms with Gasteiger partial charge in [-0.05, 0) is 45.0 Å². The molecule has 0 bridgehead atoms. The monoisotopic (exact) mass is 382 g/mol. The summed E-state index contributed by atoms with van der Waals surface area (Å²) < 4.78 is 27.7. The Balaban J connectivity index is 2.13. The third-order valence-corrected chi connectivity index (χ3v) is 5.82. The first-order chi connectivity index (χ1) is 11.8. The predicted octanol–water partition coefficient (Wildman–Crippen LogP) is 1.57. The summed E-state index contributed by atoms with van der Waals surface area (Å²) in [6, 6.07) is 5.47. The van der Waals surface area contributed by atoms with Crippen LogP contribution < -0.4 is 15.8 Å². The van der Waals surface area contributed by atoms with E-state index in [-0.39, 0.29) is 16.4 Å². The molecule has 0 fully saturated rings. The average Bonchev–Trinajstić information content (AvgIpc) is 3.01. The van der Waals surface area contributed by atoms with Crippen molar-refractivity contribution in [3.63, 3.8) is 0 Å². The zero-order valence-electron chi connectivity index (χ0n) is 14.2. The van der Waals surface area contributed by atoms with Crippen LogP contribution in [0.1, 0.15) is 40.4 Å². The van der Waals surface area contributed by atoms with E-state index in [1.165, 1.54) is 23.5 Å². The molecule has 1 unspecified atom stereocenters. The highest BCUT2D eigenvalue weighted by molar-refractivity contribution is 7.89. The Labute approximate surface area is 151 Å². The van der Waals surface area contributed by atoms with Crippen molar-refractivity contribution in [2.75, 3.05) is 13.1 Å². The summed E-state index contributed by atoms with van der Waals surface area (Å²) in [6.45, 7) is 4.52. The van der Waals surface area contributed by atoms with Crippen molar-refractivity contribution in [1.82, 2.24) is 15.0 Å². The van der Waals surface area contributed by atoms with Crippen molar-refractivity contribution >= 4 is 27.3 Å². The standard InChI is InChI=1S/C16H22N4O3S2/c1-11(15-10-24-12(2)19-15)20-25(22,23)14-6-3-5-13(9-14)16(21)18-8-4-7-17/h3,5-6,9-11,20H,4,7-8,17H2,1-2H3,(H,18,21). The SMILES string of the molecule is Cc1nc(C(C)NS(=O)(=O)c2cccc(C(=O)NCCCN)c2)cs1. The normalized spacial score (nSPS) is 12.8. The first-order valence-corrected chi connectivity index (χ1v) is 10.2. The number of nitrogens with one attached hydrogen (secondary N) is 2. The van der Waals surface area contributed by atoms with E-state index in [0.717, 1.165) is 5.01 Å². The Morgan fingerprint density at radius 1 is 1.40 bits per heavy atom. The number of sulfonamides is 1. The second-order valence-corrected chi connectivity index (χ2v) is 8.34. The van der Waals surface area contributed by atoms with Gasteiger partial charge in [0.25, 0.3) is 5.91 Å².